The normalized spacial score (nSPS) is 12.9. The van der Waals surface area contributed by atoms with Gasteiger partial charge in [0.05, 0.1) is 0 Å². The topological polar surface area (TPSA) is 66.4 Å². The highest BCUT2D eigenvalue weighted by molar-refractivity contribution is 5.90. The molecule has 0 aliphatic rings. The summed E-state index contributed by atoms with van der Waals surface area (Å²) in [6.45, 7) is 3.09. The molecule has 4 heteroatoms. The van der Waals surface area contributed by atoms with Crippen molar-refractivity contribution in [3.63, 3.8) is 0 Å². The van der Waals surface area contributed by atoms with Crippen molar-refractivity contribution in [1.82, 2.24) is 5.32 Å². The zero-order valence-electron chi connectivity index (χ0n) is 6.50. The quantitative estimate of drug-likeness (QED) is 0.573. The number of amides is 1. The van der Waals surface area contributed by atoms with Gasteiger partial charge in [-0.3, -0.25) is 9.59 Å². The third kappa shape index (κ3) is 4.13. The summed E-state index contributed by atoms with van der Waals surface area (Å²) >= 11 is 0. The summed E-state index contributed by atoms with van der Waals surface area (Å²) in [4.78, 5) is 20.9. The fraction of sp³-hybridized carbons (Fsp3) is 0.429. The van der Waals surface area contributed by atoms with E-state index < -0.39 is 12.0 Å². The minimum Gasteiger partial charge on any atom is -0.480 e. The Morgan fingerprint density at radius 3 is 2.45 bits per heavy atom. The molecule has 0 fully saturated rings. The van der Waals surface area contributed by atoms with Crippen molar-refractivity contribution in [3.8, 4) is 0 Å². The largest absolute Gasteiger partial charge is 0.480 e. The average Bonchev–Trinajstić information content (AvgIpc) is 1.87. The van der Waals surface area contributed by atoms with Gasteiger partial charge in [-0.05, 0) is 19.9 Å². The average molecular weight is 157 g/mol. The van der Waals surface area contributed by atoms with Gasteiger partial charge in [-0.25, -0.2) is 0 Å². The Morgan fingerprint density at radius 2 is 2.09 bits per heavy atom. The summed E-state index contributed by atoms with van der Waals surface area (Å²) in [5.74, 6) is -1.43. The Kier molecular flexibility index (Phi) is 3.95. The second-order valence-corrected chi connectivity index (χ2v) is 2.07. The molecule has 0 heterocycles. The van der Waals surface area contributed by atoms with Gasteiger partial charge in [0.25, 0.3) is 0 Å². The third-order valence-corrected chi connectivity index (χ3v) is 1.05. The zero-order chi connectivity index (χ0) is 8.85. The molecule has 0 bridgehead atoms. The van der Waals surface area contributed by atoms with Crippen LogP contribution in [0.2, 0.25) is 0 Å². The molecular weight excluding hydrogens is 146 g/mol. The predicted molar refractivity (Wildman–Crippen MR) is 40.1 cm³/mol. The molecule has 0 aromatic heterocycles. The Morgan fingerprint density at radius 1 is 1.55 bits per heavy atom. The van der Waals surface area contributed by atoms with Gasteiger partial charge in [-0.1, -0.05) is 6.08 Å². The van der Waals surface area contributed by atoms with E-state index in [1.165, 1.54) is 13.0 Å². The summed E-state index contributed by atoms with van der Waals surface area (Å²) in [5.41, 5.74) is 0. The summed E-state index contributed by atoms with van der Waals surface area (Å²) in [7, 11) is 0. The summed E-state index contributed by atoms with van der Waals surface area (Å²) in [6.07, 6.45) is 2.82. The van der Waals surface area contributed by atoms with Gasteiger partial charge in [0, 0.05) is 0 Å². The lowest BCUT2D eigenvalue weighted by Crippen LogP contribution is -2.37. The van der Waals surface area contributed by atoms with Crippen LogP contribution in [0.3, 0.4) is 0 Å². The molecule has 0 saturated heterocycles. The fourth-order valence-corrected chi connectivity index (χ4v) is 0.475. The van der Waals surface area contributed by atoms with Gasteiger partial charge < -0.3 is 10.4 Å². The molecule has 0 aliphatic carbocycles. The molecular formula is C7H11NO3. The van der Waals surface area contributed by atoms with Crippen molar-refractivity contribution >= 4 is 11.9 Å². The maximum atomic E-state index is 10.7. The van der Waals surface area contributed by atoms with Gasteiger partial charge in [-0.15, -0.1) is 0 Å². The molecule has 0 saturated carbocycles. The lowest BCUT2D eigenvalue weighted by atomic mass is 10.3. The minimum absolute atomic E-state index is 0.387. The summed E-state index contributed by atoms with van der Waals surface area (Å²) < 4.78 is 0. The number of carbonyl (C=O) groups is 2. The SMILES string of the molecule is CC=CC(=O)N[C@H](C)C(=O)O. The number of nitrogens with one attached hydrogen (secondary N) is 1. The first kappa shape index (κ1) is 9.68. The molecule has 62 valence electrons. The van der Waals surface area contributed by atoms with E-state index in [2.05, 4.69) is 5.32 Å². The second-order valence-electron chi connectivity index (χ2n) is 2.07. The van der Waals surface area contributed by atoms with E-state index in [4.69, 9.17) is 5.11 Å². The predicted octanol–water partition coefficient (Wildman–Crippen LogP) is 0.152. The highest BCUT2D eigenvalue weighted by atomic mass is 16.4. The number of hydrogen-bond donors (Lipinski definition) is 2. The van der Waals surface area contributed by atoms with Crippen LogP contribution in [0.1, 0.15) is 13.8 Å². The van der Waals surface area contributed by atoms with Crippen molar-refractivity contribution in [2.75, 3.05) is 0 Å². The van der Waals surface area contributed by atoms with E-state index in [9.17, 15) is 9.59 Å². The first-order valence-electron chi connectivity index (χ1n) is 3.24. The van der Waals surface area contributed by atoms with Gasteiger partial charge in [-0.2, -0.15) is 0 Å². The maximum absolute atomic E-state index is 10.7. The smallest absolute Gasteiger partial charge is 0.325 e. The minimum atomic E-state index is -1.04. The summed E-state index contributed by atoms with van der Waals surface area (Å²) in [6, 6.07) is -0.835. The molecule has 0 rings (SSSR count). The monoisotopic (exact) mass is 157 g/mol. The molecule has 0 aliphatic heterocycles. The summed E-state index contributed by atoms with van der Waals surface area (Å²) in [5, 5.41) is 10.6. The van der Waals surface area contributed by atoms with Crippen LogP contribution in [-0.2, 0) is 9.59 Å². The van der Waals surface area contributed by atoms with Gasteiger partial charge in [0.15, 0.2) is 0 Å². The molecule has 0 radical (unpaired) electrons. The third-order valence-electron chi connectivity index (χ3n) is 1.05. The second kappa shape index (κ2) is 4.49. The zero-order valence-corrected chi connectivity index (χ0v) is 6.50. The number of carboxylic acid groups (broad SMARTS) is 1. The van der Waals surface area contributed by atoms with Crippen LogP contribution in [-0.4, -0.2) is 23.0 Å². The lowest BCUT2D eigenvalue weighted by molar-refractivity contribution is -0.140. The van der Waals surface area contributed by atoms with Crippen LogP contribution in [0.25, 0.3) is 0 Å². The van der Waals surface area contributed by atoms with E-state index >= 15 is 0 Å². The number of carbonyl (C=O) groups excluding carboxylic acids is 1. The number of allylic oxidation sites excluding steroid dienone is 1. The van der Waals surface area contributed by atoms with E-state index in [1.54, 1.807) is 13.0 Å². The molecule has 0 spiro atoms. The lowest BCUT2D eigenvalue weighted by Gasteiger charge is -2.05. The van der Waals surface area contributed by atoms with Crippen LogP contribution in [0, 0.1) is 0 Å². The number of rotatable bonds is 3. The molecule has 1 atom stereocenters. The highest BCUT2D eigenvalue weighted by Crippen LogP contribution is 1.81. The van der Waals surface area contributed by atoms with Crippen LogP contribution in [0.15, 0.2) is 12.2 Å². The van der Waals surface area contributed by atoms with E-state index in [0.717, 1.165) is 0 Å². The van der Waals surface area contributed by atoms with Gasteiger partial charge in [0.1, 0.15) is 6.04 Å². The first-order chi connectivity index (χ1) is 5.07. The number of carboxylic acids is 1. The van der Waals surface area contributed by atoms with Gasteiger partial charge >= 0.3 is 5.97 Å². The Balaban J connectivity index is 3.85. The Labute approximate surface area is 64.9 Å². The molecule has 0 unspecified atom stereocenters. The Hall–Kier alpha value is -1.32. The molecule has 0 aromatic carbocycles. The fourth-order valence-electron chi connectivity index (χ4n) is 0.475. The highest BCUT2D eigenvalue weighted by Gasteiger charge is 2.10. The van der Waals surface area contributed by atoms with Crippen molar-refractivity contribution < 1.29 is 14.7 Å². The van der Waals surface area contributed by atoms with E-state index in [0.29, 0.717) is 0 Å². The van der Waals surface area contributed by atoms with Crippen molar-refractivity contribution in [3.05, 3.63) is 12.2 Å². The van der Waals surface area contributed by atoms with Crippen molar-refractivity contribution in [2.45, 2.75) is 19.9 Å². The Bertz CT molecular complexity index is 186. The number of aliphatic carboxylic acids is 1. The van der Waals surface area contributed by atoms with Crippen LogP contribution >= 0.6 is 0 Å². The number of hydrogen-bond acceptors (Lipinski definition) is 2. The van der Waals surface area contributed by atoms with E-state index in [1.807, 2.05) is 0 Å². The van der Waals surface area contributed by atoms with E-state index in [-0.39, 0.29) is 5.91 Å². The van der Waals surface area contributed by atoms with Crippen LogP contribution in [0.4, 0.5) is 0 Å². The van der Waals surface area contributed by atoms with Crippen molar-refractivity contribution in [2.24, 2.45) is 0 Å². The molecule has 2 N–H and O–H groups in total. The maximum Gasteiger partial charge on any atom is 0.325 e. The van der Waals surface area contributed by atoms with Gasteiger partial charge in [0.2, 0.25) is 5.91 Å². The first-order valence-corrected chi connectivity index (χ1v) is 3.24. The van der Waals surface area contributed by atoms with Crippen LogP contribution < -0.4 is 5.32 Å². The molecule has 0 aromatic rings. The molecule has 11 heavy (non-hydrogen) atoms. The molecule has 1 amide bonds. The van der Waals surface area contributed by atoms with Crippen LogP contribution in [0.5, 0.6) is 0 Å². The standard InChI is InChI=1S/C7H11NO3/c1-3-4-6(9)8-5(2)7(10)11/h3-5H,1-2H3,(H,8,9)(H,10,11)/t5-/m1/s1. The molecule has 4 nitrogen and oxygen atoms in total. The van der Waals surface area contributed by atoms with Crippen molar-refractivity contribution in [1.29, 1.82) is 0 Å².